The minimum atomic E-state index is -3.99. The molecule has 2 N–H and O–H groups in total. The highest BCUT2D eigenvalue weighted by Gasteiger charge is 2.48. The molecule has 6 atom stereocenters. The lowest BCUT2D eigenvalue weighted by molar-refractivity contribution is -0.0287. The second-order valence-corrected chi connectivity index (χ2v) is 16.6. The molecule has 1 aliphatic carbocycles. The van der Waals surface area contributed by atoms with Crippen LogP contribution in [-0.2, 0) is 34.2 Å². The number of benzene rings is 2. The second-order valence-electron chi connectivity index (χ2n) is 12.7. The van der Waals surface area contributed by atoms with E-state index in [1.54, 1.807) is 37.5 Å². The molecule has 0 unspecified atom stereocenters. The maximum atomic E-state index is 13.4. The Labute approximate surface area is 269 Å². The van der Waals surface area contributed by atoms with Crippen LogP contribution in [0.4, 0.5) is 5.69 Å². The number of carbonyl (C=O) groups is 1. The van der Waals surface area contributed by atoms with Gasteiger partial charge in [0, 0.05) is 29.6 Å². The third kappa shape index (κ3) is 7.41. The minimum absolute atomic E-state index is 0.104. The number of sulfonamides is 1. The van der Waals surface area contributed by atoms with Crippen LogP contribution in [0.1, 0.15) is 67.4 Å². The molecule has 2 aromatic carbocycles. The summed E-state index contributed by atoms with van der Waals surface area (Å²) in [6.07, 6.45) is 9.92. The van der Waals surface area contributed by atoms with Crippen LogP contribution in [-0.4, -0.2) is 59.9 Å². The number of halogens is 1. The number of anilines is 1. The molecule has 240 valence electrons. The minimum Gasteiger partial charge on any atom is -0.616 e. The third-order valence-electron chi connectivity index (χ3n) is 9.63. The van der Waals surface area contributed by atoms with Crippen LogP contribution in [0.3, 0.4) is 0 Å². The highest BCUT2D eigenvalue weighted by Crippen LogP contribution is 2.45. The van der Waals surface area contributed by atoms with Gasteiger partial charge in [-0.3, -0.25) is 4.79 Å². The van der Waals surface area contributed by atoms with E-state index in [1.807, 2.05) is 31.2 Å². The highest BCUT2D eigenvalue weighted by molar-refractivity contribution is 7.91. The number of ether oxygens (including phenoxy) is 1. The number of carbonyl (C=O) groups excluding carboxylic acids is 1. The van der Waals surface area contributed by atoms with Gasteiger partial charge in [0.1, 0.15) is 23.7 Å². The summed E-state index contributed by atoms with van der Waals surface area (Å²) < 4.78 is 47.6. The van der Waals surface area contributed by atoms with Gasteiger partial charge in [0.25, 0.3) is 5.91 Å². The van der Waals surface area contributed by atoms with Crippen molar-refractivity contribution in [1.29, 1.82) is 0 Å². The number of nitrogens with zero attached hydrogens (tertiary/aromatic N) is 1. The molecule has 2 bridgehead atoms. The van der Waals surface area contributed by atoms with Crippen molar-refractivity contribution in [3.8, 4) is 5.75 Å². The Bertz CT molecular complexity index is 1500. The van der Waals surface area contributed by atoms with E-state index >= 15 is 0 Å². The van der Waals surface area contributed by atoms with E-state index in [4.69, 9.17) is 16.3 Å². The Balaban J connectivity index is 1.57. The summed E-state index contributed by atoms with van der Waals surface area (Å²) in [4.78, 5) is 15.6. The molecule has 11 heteroatoms. The van der Waals surface area contributed by atoms with E-state index in [0.29, 0.717) is 42.6 Å². The van der Waals surface area contributed by atoms with Crippen LogP contribution in [0, 0.1) is 17.8 Å². The Morgan fingerprint density at radius 1 is 1.16 bits per heavy atom. The average molecular weight is 663 g/mol. The van der Waals surface area contributed by atoms with Crippen molar-refractivity contribution in [2.24, 2.45) is 17.8 Å². The van der Waals surface area contributed by atoms with Gasteiger partial charge in [0.2, 0.25) is 10.0 Å². The first-order valence-electron chi connectivity index (χ1n) is 15.4. The van der Waals surface area contributed by atoms with Crippen LogP contribution < -0.4 is 14.4 Å². The highest BCUT2D eigenvalue weighted by atomic mass is 35.5. The van der Waals surface area contributed by atoms with Crippen molar-refractivity contribution in [3.05, 3.63) is 70.3 Å². The quantitative estimate of drug-likeness (QED) is 0.333. The van der Waals surface area contributed by atoms with Crippen molar-refractivity contribution in [2.75, 3.05) is 30.0 Å². The van der Waals surface area contributed by atoms with Crippen molar-refractivity contribution >= 4 is 44.4 Å². The van der Waals surface area contributed by atoms with Crippen molar-refractivity contribution in [2.45, 2.75) is 69.8 Å². The Hall–Kier alpha value is -2.24. The number of hydrogen-bond donors (Lipinski definition) is 2. The lowest BCUT2D eigenvalue weighted by Crippen LogP contribution is -2.53. The monoisotopic (exact) mass is 662 g/mol. The summed E-state index contributed by atoms with van der Waals surface area (Å²) >= 11 is 5.08. The molecule has 1 amide bonds. The van der Waals surface area contributed by atoms with E-state index in [9.17, 15) is 22.9 Å². The smallest absolute Gasteiger partial charge is 0.264 e. The number of aryl methyl sites for hydroxylation is 1. The molecule has 8 nitrogen and oxygen atoms in total. The van der Waals surface area contributed by atoms with Gasteiger partial charge in [-0.2, -0.15) is 0 Å². The average Bonchev–Trinajstić information content (AvgIpc) is 2.96. The Morgan fingerprint density at radius 3 is 2.68 bits per heavy atom. The summed E-state index contributed by atoms with van der Waals surface area (Å²) in [7, 11) is -3.99. The molecule has 2 aromatic rings. The maximum absolute atomic E-state index is 13.4. The topological polar surface area (TPSA) is 119 Å². The first kappa shape index (κ1) is 33.1. The van der Waals surface area contributed by atoms with Gasteiger partial charge >= 0.3 is 0 Å². The van der Waals surface area contributed by atoms with Gasteiger partial charge in [-0.1, -0.05) is 47.9 Å². The molecule has 1 fully saturated rings. The maximum Gasteiger partial charge on any atom is 0.264 e. The van der Waals surface area contributed by atoms with E-state index in [2.05, 4.69) is 9.62 Å². The molecule has 2 heterocycles. The van der Waals surface area contributed by atoms with E-state index in [0.717, 1.165) is 43.2 Å². The zero-order valence-electron chi connectivity index (χ0n) is 25.6. The standard InChI is InChI=1S/C33H43ClN2O6S2/c1-22-7-6-15-33(38,21-43(3)39)29-13-10-26(29)19-36-16-5-4-8-24-17-28(34)12-9-27(24)20-42-31-14-11-25(18-30(31)36)32(37)35-44(40,41)23(22)2/h6,9,11-12,14-15,17-18,22-23,26,29,38H,4-5,7-8,10,13,16,19-21H2,1-3H3,(H,35,37)/b15-6+/t22-,23+,26-,29+,33+,43+/m0/s1. The largest absolute Gasteiger partial charge is 0.616 e. The van der Waals surface area contributed by atoms with Crippen LogP contribution in [0.2, 0.25) is 5.02 Å². The van der Waals surface area contributed by atoms with Crippen molar-refractivity contribution in [3.63, 3.8) is 0 Å². The molecule has 5 rings (SSSR count). The van der Waals surface area contributed by atoms with Gasteiger partial charge < -0.3 is 19.3 Å². The number of allylic oxidation sites excluding steroid dienone is 1. The predicted octanol–water partition coefficient (Wildman–Crippen LogP) is 5.24. The fraction of sp³-hybridized carbons (Fsp3) is 0.545. The number of amides is 1. The number of fused-ring (bicyclic) bond motifs is 3. The SMILES string of the molecule is C[C@@H]1[C@@H](C)C/C=C/[C@@](O)(C[S@@+](C)[O-])[C@@H]2CC[C@H]2CN2CCCCc3cc(Cl)ccc3COc3ccc(cc32)C(=O)NS1(=O)=O. The van der Waals surface area contributed by atoms with Crippen molar-refractivity contribution in [1.82, 2.24) is 4.72 Å². The lowest BCUT2D eigenvalue weighted by atomic mass is 9.64. The molecule has 44 heavy (non-hydrogen) atoms. The molecule has 2 aliphatic heterocycles. The summed E-state index contributed by atoms with van der Waals surface area (Å²) in [6, 6.07) is 10.9. The molecule has 1 saturated carbocycles. The molecular formula is C33H43ClN2O6S2. The fourth-order valence-corrected chi connectivity index (χ4v) is 9.12. The summed E-state index contributed by atoms with van der Waals surface area (Å²) in [5.41, 5.74) is 1.86. The molecule has 0 aromatic heterocycles. The summed E-state index contributed by atoms with van der Waals surface area (Å²) in [5, 5.41) is 11.8. The number of rotatable bonds is 2. The van der Waals surface area contributed by atoms with Crippen LogP contribution in [0.5, 0.6) is 5.75 Å². The van der Waals surface area contributed by atoms with Crippen LogP contribution in [0.25, 0.3) is 0 Å². The molecule has 3 aliphatic rings. The van der Waals surface area contributed by atoms with Gasteiger partial charge in [-0.25, -0.2) is 13.1 Å². The number of nitrogens with one attached hydrogen (secondary N) is 1. The Kier molecular flexibility index (Phi) is 10.3. The van der Waals surface area contributed by atoms with E-state index in [-0.39, 0.29) is 29.1 Å². The first-order chi connectivity index (χ1) is 20.9. The molecular weight excluding hydrogens is 620 g/mol. The van der Waals surface area contributed by atoms with Gasteiger partial charge in [-0.15, -0.1) is 0 Å². The van der Waals surface area contributed by atoms with E-state index in [1.165, 1.54) is 0 Å². The predicted molar refractivity (Wildman–Crippen MR) is 176 cm³/mol. The summed E-state index contributed by atoms with van der Waals surface area (Å²) in [6.45, 7) is 5.01. The van der Waals surface area contributed by atoms with E-state index < -0.39 is 38.0 Å². The van der Waals surface area contributed by atoms with Gasteiger partial charge in [-0.05, 0) is 98.7 Å². The fourth-order valence-electron chi connectivity index (χ4n) is 6.68. The first-order valence-corrected chi connectivity index (χ1v) is 19.1. The number of hydrogen-bond acceptors (Lipinski definition) is 7. The normalized spacial score (nSPS) is 30.7. The zero-order valence-corrected chi connectivity index (χ0v) is 28.0. The van der Waals surface area contributed by atoms with Gasteiger partial charge in [0.15, 0.2) is 0 Å². The van der Waals surface area contributed by atoms with Gasteiger partial charge in [0.05, 0.1) is 17.2 Å². The molecule has 0 radical (unpaired) electrons. The van der Waals surface area contributed by atoms with Crippen LogP contribution in [0.15, 0.2) is 48.6 Å². The summed E-state index contributed by atoms with van der Waals surface area (Å²) in [5.74, 6) is -0.266. The number of aliphatic hydroxyl groups is 1. The lowest BCUT2D eigenvalue weighted by Gasteiger charge is -2.47. The second kappa shape index (κ2) is 13.6. The Morgan fingerprint density at radius 2 is 1.95 bits per heavy atom. The third-order valence-corrected chi connectivity index (χ3v) is 12.6. The van der Waals surface area contributed by atoms with Crippen LogP contribution >= 0.6 is 11.6 Å². The van der Waals surface area contributed by atoms with Crippen molar-refractivity contribution < 1.29 is 27.6 Å². The zero-order chi connectivity index (χ0) is 31.6. The molecule has 0 spiro atoms. The molecule has 0 saturated heterocycles.